The molecule has 0 spiro atoms. The van der Waals surface area contributed by atoms with Crippen molar-refractivity contribution in [1.82, 2.24) is 0 Å². The Labute approximate surface area is 113 Å². The summed E-state index contributed by atoms with van der Waals surface area (Å²) in [6, 6.07) is 11.8. The van der Waals surface area contributed by atoms with E-state index in [9.17, 15) is 0 Å². The molecule has 0 bridgehead atoms. The number of anilines is 1. The molecule has 1 N–H and O–H groups in total. The molecule has 1 heterocycles. The second kappa shape index (κ2) is 6.14. The van der Waals surface area contributed by atoms with Gasteiger partial charge in [0.1, 0.15) is 11.5 Å². The Kier molecular flexibility index (Phi) is 4.29. The lowest BCUT2D eigenvalue weighted by Gasteiger charge is -2.18. The molecule has 0 saturated carbocycles. The molecule has 0 saturated heterocycles. The Morgan fingerprint density at radius 2 is 2.05 bits per heavy atom. The molecule has 0 unspecified atom stereocenters. The van der Waals surface area contributed by atoms with Crippen molar-refractivity contribution in [3.8, 4) is 5.75 Å². The molecule has 3 nitrogen and oxygen atoms in total. The van der Waals surface area contributed by atoms with E-state index in [2.05, 4.69) is 11.9 Å². The van der Waals surface area contributed by atoms with Crippen LogP contribution in [-0.2, 0) is 0 Å². The summed E-state index contributed by atoms with van der Waals surface area (Å²) >= 11 is 0. The second-order valence-corrected chi connectivity index (χ2v) is 4.60. The van der Waals surface area contributed by atoms with Crippen LogP contribution in [-0.4, -0.2) is 7.11 Å². The van der Waals surface area contributed by atoms with Gasteiger partial charge in [0.2, 0.25) is 0 Å². The van der Waals surface area contributed by atoms with Gasteiger partial charge in [-0.3, -0.25) is 0 Å². The average Bonchev–Trinajstić information content (AvgIpc) is 2.92. The maximum atomic E-state index is 5.49. The number of benzene rings is 1. The summed E-state index contributed by atoms with van der Waals surface area (Å²) in [5.74, 6) is 1.76. The van der Waals surface area contributed by atoms with Crippen molar-refractivity contribution < 1.29 is 9.15 Å². The fraction of sp³-hybridized carbons (Fsp3) is 0.250. The van der Waals surface area contributed by atoms with Gasteiger partial charge in [0, 0.05) is 5.69 Å². The third kappa shape index (κ3) is 3.65. The summed E-state index contributed by atoms with van der Waals surface area (Å²) in [5, 5.41) is 3.45. The molecule has 0 aliphatic rings. The first-order valence-corrected chi connectivity index (χ1v) is 6.27. The van der Waals surface area contributed by atoms with Crippen LogP contribution in [0.4, 0.5) is 5.69 Å². The minimum absolute atomic E-state index is 0.0981. The highest BCUT2D eigenvalue weighted by atomic mass is 16.5. The lowest BCUT2D eigenvalue weighted by molar-refractivity contribution is 0.415. The molecule has 2 rings (SSSR count). The number of rotatable bonds is 6. The zero-order valence-electron chi connectivity index (χ0n) is 11.3. The molecule has 100 valence electrons. The summed E-state index contributed by atoms with van der Waals surface area (Å²) in [6.45, 7) is 5.99. The van der Waals surface area contributed by atoms with Crippen LogP contribution in [0.1, 0.15) is 25.1 Å². The number of nitrogens with one attached hydrogen (secondary N) is 1. The molecule has 1 atom stereocenters. The van der Waals surface area contributed by atoms with Gasteiger partial charge in [0.05, 0.1) is 19.4 Å². The topological polar surface area (TPSA) is 34.4 Å². The lowest BCUT2D eigenvalue weighted by atomic mass is 10.1. The maximum Gasteiger partial charge on any atom is 0.126 e. The van der Waals surface area contributed by atoms with Crippen molar-refractivity contribution in [1.29, 1.82) is 0 Å². The van der Waals surface area contributed by atoms with E-state index in [4.69, 9.17) is 9.15 Å². The number of hydrogen-bond donors (Lipinski definition) is 1. The van der Waals surface area contributed by atoms with E-state index in [-0.39, 0.29) is 6.04 Å². The lowest BCUT2D eigenvalue weighted by Crippen LogP contribution is -2.10. The number of ether oxygens (including phenoxy) is 1. The second-order valence-electron chi connectivity index (χ2n) is 4.60. The normalized spacial score (nSPS) is 11.9. The van der Waals surface area contributed by atoms with E-state index in [1.807, 2.05) is 43.3 Å². The van der Waals surface area contributed by atoms with Gasteiger partial charge in [-0.05, 0) is 49.7 Å². The minimum atomic E-state index is 0.0981. The standard InChI is InChI=1S/C16H19NO2/c1-12(2)11-15(16-5-4-10-19-16)17-13-6-8-14(18-3)9-7-13/h4-10,15,17H,1,11H2,2-3H3/t15-/m0/s1. The van der Waals surface area contributed by atoms with E-state index in [1.165, 1.54) is 0 Å². The molecule has 0 amide bonds. The molecule has 0 fully saturated rings. The van der Waals surface area contributed by atoms with Gasteiger partial charge in [-0.2, -0.15) is 0 Å². The van der Waals surface area contributed by atoms with E-state index in [0.717, 1.165) is 29.2 Å². The summed E-state index contributed by atoms with van der Waals surface area (Å²) < 4.78 is 10.6. The molecule has 1 aromatic heterocycles. The summed E-state index contributed by atoms with van der Waals surface area (Å²) in [4.78, 5) is 0. The van der Waals surface area contributed by atoms with Gasteiger partial charge in [-0.25, -0.2) is 0 Å². The fourth-order valence-electron chi connectivity index (χ4n) is 1.95. The van der Waals surface area contributed by atoms with Gasteiger partial charge < -0.3 is 14.5 Å². The Bertz CT molecular complexity index is 514. The van der Waals surface area contributed by atoms with Gasteiger partial charge in [-0.1, -0.05) is 5.57 Å². The molecular formula is C16H19NO2. The van der Waals surface area contributed by atoms with Crippen LogP contribution >= 0.6 is 0 Å². The number of hydrogen-bond acceptors (Lipinski definition) is 3. The largest absolute Gasteiger partial charge is 0.497 e. The Morgan fingerprint density at radius 3 is 2.58 bits per heavy atom. The van der Waals surface area contributed by atoms with Crippen LogP contribution in [0.25, 0.3) is 0 Å². The van der Waals surface area contributed by atoms with E-state index in [1.54, 1.807) is 13.4 Å². The molecular weight excluding hydrogens is 238 g/mol. The summed E-state index contributed by atoms with van der Waals surface area (Å²) in [5.41, 5.74) is 2.14. The predicted molar refractivity (Wildman–Crippen MR) is 77.5 cm³/mol. The molecule has 2 aromatic rings. The van der Waals surface area contributed by atoms with Gasteiger partial charge in [0.15, 0.2) is 0 Å². The Hall–Kier alpha value is -2.16. The summed E-state index contributed by atoms with van der Waals surface area (Å²) in [7, 11) is 1.66. The average molecular weight is 257 g/mol. The number of methoxy groups -OCH3 is 1. The van der Waals surface area contributed by atoms with Gasteiger partial charge in [0.25, 0.3) is 0 Å². The highest BCUT2D eigenvalue weighted by Gasteiger charge is 2.14. The van der Waals surface area contributed by atoms with Crippen LogP contribution in [0, 0.1) is 0 Å². The highest BCUT2D eigenvalue weighted by molar-refractivity contribution is 5.48. The molecule has 3 heteroatoms. The van der Waals surface area contributed by atoms with Crippen LogP contribution < -0.4 is 10.1 Å². The first-order valence-electron chi connectivity index (χ1n) is 6.27. The zero-order chi connectivity index (χ0) is 13.7. The quantitative estimate of drug-likeness (QED) is 0.778. The van der Waals surface area contributed by atoms with E-state index >= 15 is 0 Å². The first kappa shape index (κ1) is 13.3. The summed E-state index contributed by atoms with van der Waals surface area (Å²) in [6.07, 6.45) is 2.52. The monoisotopic (exact) mass is 257 g/mol. The van der Waals surface area contributed by atoms with Gasteiger partial charge in [-0.15, -0.1) is 6.58 Å². The third-order valence-corrected chi connectivity index (χ3v) is 2.87. The van der Waals surface area contributed by atoms with Crippen molar-refractivity contribution in [3.05, 3.63) is 60.6 Å². The van der Waals surface area contributed by atoms with Crippen molar-refractivity contribution in [2.24, 2.45) is 0 Å². The molecule has 0 aliphatic heterocycles. The van der Waals surface area contributed by atoms with Gasteiger partial charge >= 0.3 is 0 Å². The third-order valence-electron chi connectivity index (χ3n) is 2.87. The smallest absolute Gasteiger partial charge is 0.126 e. The van der Waals surface area contributed by atoms with Crippen molar-refractivity contribution in [3.63, 3.8) is 0 Å². The van der Waals surface area contributed by atoms with Crippen LogP contribution in [0.3, 0.4) is 0 Å². The fourth-order valence-corrected chi connectivity index (χ4v) is 1.95. The number of furan rings is 1. The molecule has 19 heavy (non-hydrogen) atoms. The molecule has 0 radical (unpaired) electrons. The van der Waals surface area contributed by atoms with Crippen LogP contribution in [0.15, 0.2) is 59.2 Å². The van der Waals surface area contributed by atoms with Crippen molar-refractivity contribution >= 4 is 5.69 Å². The zero-order valence-corrected chi connectivity index (χ0v) is 11.3. The van der Waals surface area contributed by atoms with Crippen molar-refractivity contribution in [2.45, 2.75) is 19.4 Å². The predicted octanol–water partition coefficient (Wildman–Crippen LogP) is 4.41. The van der Waals surface area contributed by atoms with E-state index < -0.39 is 0 Å². The molecule has 0 aliphatic carbocycles. The van der Waals surface area contributed by atoms with Crippen LogP contribution in [0.5, 0.6) is 5.75 Å². The highest BCUT2D eigenvalue weighted by Crippen LogP contribution is 2.26. The minimum Gasteiger partial charge on any atom is -0.497 e. The maximum absolute atomic E-state index is 5.49. The molecule has 1 aromatic carbocycles. The first-order chi connectivity index (χ1) is 9.19. The Morgan fingerprint density at radius 1 is 1.32 bits per heavy atom. The Balaban J connectivity index is 2.12. The SMILES string of the molecule is C=C(C)C[C@H](Nc1ccc(OC)cc1)c1ccco1. The van der Waals surface area contributed by atoms with Crippen LogP contribution in [0.2, 0.25) is 0 Å². The van der Waals surface area contributed by atoms with E-state index in [0.29, 0.717) is 0 Å². The van der Waals surface area contributed by atoms with Crippen molar-refractivity contribution in [2.75, 3.05) is 12.4 Å².